The summed E-state index contributed by atoms with van der Waals surface area (Å²) < 4.78 is 34.3. The number of hydroxylamine groups is 1. The number of ether oxygens (including phenoxy) is 1. The summed E-state index contributed by atoms with van der Waals surface area (Å²) in [5.74, 6) is -0.351. The van der Waals surface area contributed by atoms with E-state index in [2.05, 4.69) is 26.4 Å². The van der Waals surface area contributed by atoms with Gasteiger partial charge in [-0.15, -0.1) is 0 Å². The second-order valence-electron chi connectivity index (χ2n) is 8.58. The summed E-state index contributed by atoms with van der Waals surface area (Å²) in [4.78, 5) is 22.8. The molecule has 8 nitrogen and oxygen atoms in total. The minimum atomic E-state index is -4.06. The number of carbonyl (C=O) groups is 1. The minimum absolute atomic E-state index is 0.0412. The van der Waals surface area contributed by atoms with Crippen LogP contribution in [0.25, 0.3) is 0 Å². The predicted molar refractivity (Wildman–Crippen MR) is 125 cm³/mol. The van der Waals surface area contributed by atoms with E-state index in [1.165, 1.54) is 23.5 Å². The maximum absolute atomic E-state index is 13.7. The van der Waals surface area contributed by atoms with Gasteiger partial charge in [-0.05, 0) is 78.5 Å². The number of amides is 1. The van der Waals surface area contributed by atoms with Crippen molar-refractivity contribution < 1.29 is 22.8 Å². The quantitative estimate of drug-likeness (QED) is 0.392. The molecule has 1 amide bonds. The molecule has 2 aromatic rings. The first-order chi connectivity index (χ1) is 14.8. The van der Waals surface area contributed by atoms with Crippen LogP contribution in [0, 0.1) is 5.92 Å². The number of sulfonamides is 1. The summed E-state index contributed by atoms with van der Waals surface area (Å²) in [6.07, 6.45) is 1.57. The van der Waals surface area contributed by atoms with Crippen molar-refractivity contribution in [3.63, 3.8) is 0 Å². The molecule has 1 aromatic heterocycles. The molecule has 2 rings (SSSR count). The third kappa shape index (κ3) is 6.99. The lowest BCUT2D eigenvalue weighted by Gasteiger charge is -2.33. The van der Waals surface area contributed by atoms with Crippen molar-refractivity contribution in [1.29, 1.82) is 0 Å². The van der Waals surface area contributed by atoms with Crippen LogP contribution in [0.5, 0.6) is 5.75 Å². The molecule has 0 aliphatic heterocycles. The van der Waals surface area contributed by atoms with Gasteiger partial charge in [-0.2, -0.15) is 4.31 Å². The second kappa shape index (κ2) is 10.7. The zero-order chi connectivity index (χ0) is 24.1. The lowest BCUT2D eigenvalue weighted by Crippen LogP contribution is -2.52. The number of hydrogen-bond donors (Lipinski definition) is 1. The summed E-state index contributed by atoms with van der Waals surface area (Å²) in [6, 6.07) is 8.52. The molecule has 1 N–H and O–H groups in total. The van der Waals surface area contributed by atoms with Crippen LogP contribution in [0.1, 0.15) is 40.2 Å². The molecule has 0 spiro atoms. The van der Waals surface area contributed by atoms with Gasteiger partial charge in [-0.3, -0.25) is 9.63 Å². The molecule has 0 radical (unpaired) electrons. The van der Waals surface area contributed by atoms with E-state index in [9.17, 15) is 13.2 Å². The summed E-state index contributed by atoms with van der Waals surface area (Å²) in [5.41, 5.74) is 2.44. The van der Waals surface area contributed by atoms with E-state index in [0.29, 0.717) is 15.9 Å². The Balaban J connectivity index is 2.51. The number of hydrogen-bond acceptors (Lipinski definition) is 6. The Morgan fingerprint density at radius 3 is 2.25 bits per heavy atom. The number of nitrogens with zero attached hydrogens (tertiary/aromatic N) is 2. The van der Waals surface area contributed by atoms with Gasteiger partial charge in [0.1, 0.15) is 16.4 Å². The average molecular weight is 528 g/mol. The van der Waals surface area contributed by atoms with Crippen LogP contribution in [0.4, 0.5) is 0 Å². The Kier molecular flexibility index (Phi) is 8.81. The lowest BCUT2D eigenvalue weighted by molar-refractivity contribution is -0.151. The number of halogens is 1. The predicted octanol–water partition coefficient (Wildman–Crippen LogP) is 3.91. The molecule has 1 atom stereocenters. The first kappa shape index (κ1) is 26.2. The van der Waals surface area contributed by atoms with E-state index >= 15 is 0 Å². The first-order valence-corrected chi connectivity index (χ1v) is 12.3. The van der Waals surface area contributed by atoms with Gasteiger partial charge in [0.15, 0.2) is 0 Å². The van der Waals surface area contributed by atoms with Gasteiger partial charge in [0, 0.05) is 12.7 Å². The average Bonchev–Trinajstić information content (AvgIpc) is 2.72. The Labute approximate surface area is 198 Å². The largest absolute Gasteiger partial charge is 0.497 e. The van der Waals surface area contributed by atoms with Crippen molar-refractivity contribution in [2.24, 2.45) is 5.92 Å². The van der Waals surface area contributed by atoms with E-state index in [0.717, 1.165) is 0 Å². The molecular weight excluding hydrogens is 498 g/mol. The van der Waals surface area contributed by atoms with Crippen LogP contribution >= 0.6 is 15.9 Å². The fourth-order valence-electron chi connectivity index (χ4n) is 2.93. The van der Waals surface area contributed by atoms with Crippen molar-refractivity contribution in [3.05, 3.63) is 52.8 Å². The highest BCUT2D eigenvalue weighted by atomic mass is 79.9. The van der Waals surface area contributed by atoms with Gasteiger partial charge in [-0.25, -0.2) is 18.9 Å². The van der Waals surface area contributed by atoms with Crippen molar-refractivity contribution in [2.45, 2.75) is 57.7 Å². The van der Waals surface area contributed by atoms with Gasteiger partial charge in [-0.1, -0.05) is 19.9 Å². The molecule has 0 unspecified atom stereocenters. The Hall–Kier alpha value is -2.01. The molecule has 32 heavy (non-hydrogen) atoms. The lowest BCUT2D eigenvalue weighted by atomic mass is 10.0. The number of benzene rings is 1. The second-order valence-corrected chi connectivity index (χ2v) is 11.3. The van der Waals surface area contributed by atoms with Gasteiger partial charge in [0.2, 0.25) is 10.0 Å². The van der Waals surface area contributed by atoms with Crippen LogP contribution in [0.2, 0.25) is 0 Å². The number of methoxy groups -OCH3 is 1. The van der Waals surface area contributed by atoms with E-state index < -0.39 is 27.6 Å². The summed E-state index contributed by atoms with van der Waals surface area (Å²) in [5, 5.41) is 0. The molecule has 0 fully saturated rings. The highest BCUT2D eigenvalue weighted by Crippen LogP contribution is 2.26. The SMILES string of the molecule is COc1ccc(S(=O)(=O)N(Cc2ccc(Br)nc2)[C@@H](C(=O)NOC(C)(C)C)C(C)C)cc1. The van der Waals surface area contributed by atoms with Crippen LogP contribution in [-0.4, -0.2) is 42.4 Å². The molecule has 0 saturated carbocycles. The molecule has 1 aromatic carbocycles. The number of pyridine rings is 1. The maximum atomic E-state index is 13.7. The molecule has 176 valence electrons. The van der Waals surface area contributed by atoms with Gasteiger partial charge < -0.3 is 4.74 Å². The number of rotatable bonds is 9. The molecular formula is C22H30BrN3O5S. The summed E-state index contributed by atoms with van der Waals surface area (Å²) in [6.45, 7) is 8.90. The van der Waals surface area contributed by atoms with Crippen LogP contribution in [0.15, 0.2) is 52.1 Å². The van der Waals surface area contributed by atoms with E-state index in [1.807, 2.05) is 0 Å². The van der Waals surface area contributed by atoms with Gasteiger partial charge >= 0.3 is 0 Å². The van der Waals surface area contributed by atoms with Crippen LogP contribution < -0.4 is 10.2 Å². The standard InChI is InChI=1S/C22H30BrN3O5S/c1-15(2)20(21(27)25-31-22(3,4)5)26(14-16-7-12-19(23)24-13-16)32(28,29)18-10-8-17(30-6)9-11-18/h7-13,15,20H,14H2,1-6H3,(H,25,27)/t20-/m1/s1. The Morgan fingerprint density at radius 2 is 1.78 bits per heavy atom. The number of nitrogens with one attached hydrogen (secondary N) is 1. The van der Waals surface area contributed by atoms with E-state index in [4.69, 9.17) is 9.57 Å². The zero-order valence-corrected chi connectivity index (χ0v) is 21.5. The van der Waals surface area contributed by atoms with Crippen molar-refractivity contribution >= 4 is 31.9 Å². The molecule has 0 bridgehead atoms. The molecule has 1 heterocycles. The summed E-state index contributed by atoms with van der Waals surface area (Å²) >= 11 is 3.28. The van der Waals surface area contributed by atoms with E-state index in [1.54, 1.807) is 65.1 Å². The van der Waals surface area contributed by atoms with Crippen molar-refractivity contribution in [3.8, 4) is 5.75 Å². The molecule has 0 aliphatic carbocycles. The maximum Gasteiger partial charge on any atom is 0.262 e. The normalized spacial score (nSPS) is 13.3. The fraction of sp³-hybridized carbons (Fsp3) is 0.455. The number of carbonyl (C=O) groups excluding carboxylic acids is 1. The smallest absolute Gasteiger partial charge is 0.262 e. The monoisotopic (exact) mass is 527 g/mol. The summed E-state index contributed by atoms with van der Waals surface area (Å²) in [7, 11) is -2.55. The van der Waals surface area contributed by atoms with Crippen LogP contribution in [-0.2, 0) is 26.2 Å². The van der Waals surface area contributed by atoms with E-state index in [-0.39, 0.29) is 17.4 Å². The Morgan fingerprint density at radius 1 is 1.16 bits per heavy atom. The zero-order valence-electron chi connectivity index (χ0n) is 19.1. The highest BCUT2D eigenvalue weighted by molar-refractivity contribution is 9.10. The van der Waals surface area contributed by atoms with Gasteiger partial charge in [0.25, 0.3) is 5.91 Å². The fourth-order valence-corrected chi connectivity index (χ4v) is 4.87. The third-order valence-corrected chi connectivity index (χ3v) is 6.77. The van der Waals surface area contributed by atoms with Crippen LogP contribution in [0.3, 0.4) is 0 Å². The Bertz CT molecular complexity index is 1000. The molecule has 0 saturated heterocycles. The van der Waals surface area contributed by atoms with Crippen molar-refractivity contribution in [1.82, 2.24) is 14.8 Å². The van der Waals surface area contributed by atoms with Crippen molar-refractivity contribution in [2.75, 3.05) is 7.11 Å². The first-order valence-electron chi connectivity index (χ1n) is 10.1. The van der Waals surface area contributed by atoms with Gasteiger partial charge in [0.05, 0.1) is 17.6 Å². The topological polar surface area (TPSA) is 97.8 Å². The third-order valence-electron chi connectivity index (χ3n) is 4.46. The molecule has 0 aliphatic rings. The molecule has 10 heteroatoms. The highest BCUT2D eigenvalue weighted by Gasteiger charge is 2.38. The minimum Gasteiger partial charge on any atom is -0.497 e. The number of aromatic nitrogens is 1.